The van der Waals surface area contributed by atoms with Crippen molar-refractivity contribution < 1.29 is 0 Å². The first-order valence-electron chi connectivity index (χ1n) is 5.78. The van der Waals surface area contributed by atoms with Gasteiger partial charge in [0.05, 0.1) is 0 Å². The van der Waals surface area contributed by atoms with Crippen molar-refractivity contribution >= 4 is 17.6 Å². The van der Waals surface area contributed by atoms with E-state index in [-0.39, 0.29) is 0 Å². The van der Waals surface area contributed by atoms with Crippen molar-refractivity contribution in [2.24, 2.45) is 0 Å². The number of aromatic nitrogens is 4. The third-order valence-corrected chi connectivity index (χ3v) is 2.85. The predicted molar refractivity (Wildman–Crippen MR) is 72.4 cm³/mol. The lowest BCUT2D eigenvalue weighted by Gasteiger charge is -2.14. The molecule has 2 aromatic rings. The molecule has 0 bridgehead atoms. The molecule has 0 amide bonds. The first-order chi connectivity index (χ1) is 8.49. The first-order valence-corrected chi connectivity index (χ1v) is 5.78. The number of aromatic amines is 1. The average molecular weight is 246 g/mol. The molecular formula is C12H18N6. The van der Waals surface area contributed by atoms with E-state index in [9.17, 15) is 0 Å². The van der Waals surface area contributed by atoms with Crippen molar-refractivity contribution in [1.29, 1.82) is 0 Å². The van der Waals surface area contributed by atoms with Crippen LogP contribution < -0.4 is 10.2 Å². The molecule has 2 N–H and O–H groups in total. The Hall–Kier alpha value is -2.11. The highest BCUT2D eigenvalue weighted by Gasteiger charge is 2.09. The van der Waals surface area contributed by atoms with Crippen molar-refractivity contribution in [3.63, 3.8) is 0 Å². The normalized spacial score (nSPS) is 10.5. The number of rotatable bonds is 3. The second kappa shape index (κ2) is 4.64. The number of nitrogens with zero attached hydrogens (tertiary/aromatic N) is 4. The van der Waals surface area contributed by atoms with Gasteiger partial charge in [0.15, 0.2) is 5.82 Å². The Bertz CT molecular complexity index is 558. The Balaban J connectivity index is 2.30. The standard InChI is InChI=1S/C12H18N6/c1-7-6-13-12(15-11(7)18(4)5)14-10-8(2)9(3)16-17-10/h6H,1-5H3,(H2,13,14,15,16,17). The molecule has 0 atom stereocenters. The van der Waals surface area contributed by atoms with Crippen LogP contribution in [0.4, 0.5) is 17.6 Å². The van der Waals surface area contributed by atoms with E-state index >= 15 is 0 Å². The van der Waals surface area contributed by atoms with Gasteiger partial charge < -0.3 is 10.2 Å². The van der Waals surface area contributed by atoms with Crippen LogP contribution in [0.1, 0.15) is 16.8 Å². The molecule has 6 heteroatoms. The van der Waals surface area contributed by atoms with Crippen LogP contribution in [0.3, 0.4) is 0 Å². The summed E-state index contributed by atoms with van der Waals surface area (Å²) in [5, 5.41) is 10.2. The predicted octanol–water partition coefficient (Wildman–Crippen LogP) is 1.93. The van der Waals surface area contributed by atoms with E-state index in [0.29, 0.717) is 5.95 Å². The molecule has 96 valence electrons. The summed E-state index contributed by atoms with van der Waals surface area (Å²) in [7, 11) is 3.92. The Kier molecular flexibility index (Phi) is 3.18. The summed E-state index contributed by atoms with van der Waals surface area (Å²) in [6.45, 7) is 5.97. The molecule has 2 rings (SSSR count). The molecule has 0 radical (unpaired) electrons. The van der Waals surface area contributed by atoms with Crippen molar-refractivity contribution in [1.82, 2.24) is 20.2 Å². The van der Waals surface area contributed by atoms with Gasteiger partial charge in [-0.2, -0.15) is 10.1 Å². The molecule has 0 aliphatic carbocycles. The van der Waals surface area contributed by atoms with Crippen LogP contribution in [0, 0.1) is 20.8 Å². The van der Waals surface area contributed by atoms with Crippen LogP contribution in [0.2, 0.25) is 0 Å². The molecule has 2 heterocycles. The van der Waals surface area contributed by atoms with Crippen molar-refractivity contribution in [2.75, 3.05) is 24.3 Å². The lowest BCUT2D eigenvalue weighted by atomic mass is 10.3. The van der Waals surface area contributed by atoms with E-state index < -0.39 is 0 Å². The van der Waals surface area contributed by atoms with Gasteiger partial charge in [-0.25, -0.2) is 4.98 Å². The molecule has 6 nitrogen and oxygen atoms in total. The highest BCUT2D eigenvalue weighted by atomic mass is 15.3. The van der Waals surface area contributed by atoms with Crippen molar-refractivity contribution in [3.05, 3.63) is 23.0 Å². The molecule has 0 aromatic carbocycles. The van der Waals surface area contributed by atoms with E-state index in [4.69, 9.17) is 0 Å². The Morgan fingerprint density at radius 3 is 2.50 bits per heavy atom. The Labute approximate surface area is 106 Å². The van der Waals surface area contributed by atoms with Gasteiger partial charge in [0.2, 0.25) is 5.95 Å². The van der Waals surface area contributed by atoms with Crippen LogP contribution >= 0.6 is 0 Å². The van der Waals surface area contributed by atoms with Gasteiger partial charge >= 0.3 is 0 Å². The summed E-state index contributed by atoms with van der Waals surface area (Å²) in [4.78, 5) is 10.7. The van der Waals surface area contributed by atoms with Gasteiger partial charge in [-0.15, -0.1) is 0 Å². The maximum Gasteiger partial charge on any atom is 0.230 e. The molecule has 0 unspecified atom stereocenters. The van der Waals surface area contributed by atoms with Gasteiger partial charge in [-0.1, -0.05) is 0 Å². The zero-order valence-electron chi connectivity index (χ0n) is 11.4. The highest BCUT2D eigenvalue weighted by Crippen LogP contribution is 2.20. The summed E-state index contributed by atoms with van der Waals surface area (Å²) in [5.41, 5.74) is 3.16. The van der Waals surface area contributed by atoms with Crippen LogP contribution in [0.25, 0.3) is 0 Å². The second-order valence-electron chi connectivity index (χ2n) is 4.54. The summed E-state index contributed by atoms with van der Waals surface area (Å²) < 4.78 is 0. The Morgan fingerprint density at radius 1 is 1.22 bits per heavy atom. The van der Waals surface area contributed by atoms with E-state index in [0.717, 1.165) is 28.5 Å². The zero-order chi connectivity index (χ0) is 13.3. The topological polar surface area (TPSA) is 69.7 Å². The summed E-state index contributed by atoms with van der Waals surface area (Å²) in [5.74, 6) is 2.22. The lowest BCUT2D eigenvalue weighted by Crippen LogP contribution is -2.13. The Morgan fingerprint density at radius 2 is 1.94 bits per heavy atom. The third-order valence-electron chi connectivity index (χ3n) is 2.85. The van der Waals surface area contributed by atoms with Gasteiger partial charge in [0.25, 0.3) is 0 Å². The number of H-pyrrole nitrogens is 1. The number of anilines is 3. The third kappa shape index (κ3) is 2.27. The minimum absolute atomic E-state index is 0.555. The van der Waals surface area contributed by atoms with Gasteiger partial charge in [0, 0.05) is 37.1 Å². The maximum atomic E-state index is 4.47. The largest absolute Gasteiger partial charge is 0.362 e. The molecule has 0 saturated carbocycles. The molecule has 0 fully saturated rings. The minimum atomic E-state index is 0.555. The van der Waals surface area contributed by atoms with E-state index in [1.165, 1.54) is 0 Å². The highest BCUT2D eigenvalue weighted by molar-refractivity contribution is 5.56. The summed E-state index contributed by atoms with van der Waals surface area (Å²) in [6.07, 6.45) is 1.81. The van der Waals surface area contributed by atoms with E-state index in [1.807, 2.05) is 39.8 Å². The van der Waals surface area contributed by atoms with E-state index in [1.54, 1.807) is 6.20 Å². The fraction of sp³-hybridized carbons (Fsp3) is 0.417. The molecule has 2 aromatic heterocycles. The fourth-order valence-corrected chi connectivity index (χ4v) is 1.66. The number of hydrogen-bond donors (Lipinski definition) is 2. The first kappa shape index (κ1) is 12.3. The van der Waals surface area contributed by atoms with Crippen molar-refractivity contribution in [3.8, 4) is 0 Å². The van der Waals surface area contributed by atoms with Crippen molar-refractivity contribution in [2.45, 2.75) is 20.8 Å². The monoisotopic (exact) mass is 246 g/mol. The quantitative estimate of drug-likeness (QED) is 0.866. The summed E-state index contributed by atoms with van der Waals surface area (Å²) in [6, 6.07) is 0. The van der Waals surface area contributed by atoms with E-state index in [2.05, 4.69) is 25.5 Å². The van der Waals surface area contributed by atoms with Crippen LogP contribution in [-0.2, 0) is 0 Å². The minimum Gasteiger partial charge on any atom is -0.362 e. The van der Waals surface area contributed by atoms with Gasteiger partial charge in [-0.3, -0.25) is 5.10 Å². The zero-order valence-corrected chi connectivity index (χ0v) is 11.4. The van der Waals surface area contributed by atoms with Crippen LogP contribution in [-0.4, -0.2) is 34.3 Å². The molecule has 0 spiro atoms. The number of aryl methyl sites for hydroxylation is 2. The SMILES string of the molecule is Cc1cnc(Nc2n[nH]c(C)c2C)nc1N(C)C. The van der Waals surface area contributed by atoms with Crippen LogP contribution in [0.15, 0.2) is 6.20 Å². The van der Waals surface area contributed by atoms with Gasteiger partial charge in [0.1, 0.15) is 5.82 Å². The molecule has 18 heavy (non-hydrogen) atoms. The average Bonchev–Trinajstić information content (AvgIpc) is 2.63. The molecule has 0 aliphatic rings. The number of nitrogens with one attached hydrogen (secondary N) is 2. The number of hydrogen-bond acceptors (Lipinski definition) is 5. The molecule has 0 aliphatic heterocycles. The molecule has 0 saturated heterocycles. The van der Waals surface area contributed by atoms with Crippen LogP contribution in [0.5, 0.6) is 0 Å². The lowest BCUT2D eigenvalue weighted by molar-refractivity contribution is 1.01. The molecular weight excluding hydrogens is 228 g/mol. The second-order valence-corrected chi connectivity index (χ2v) is 4.54. The maximum absolute atomic E-state index is 4.47. The smallest absolute Gasteiger partial charge is 0.230 e. The summed E-state index contributed by atoms with van der Waals surface area (Å²) >= 11 is 0. The van der Waals surface area contributed by atoms with Gasteiger partial charge in [-0.05, 0) is 20.8 Å². The fourth-order valence-electron chi connectivity index (χ4n) is 1.66.